The van der Waals surface area contributed by atoms with E-state index in [1.54, 1.807) is 13.0 Å². The van der Waals surface area contributed by atoms with Crippen LogP contribution in [0.4, 0.5) is 0 Å². The Bertz CT molecular complexity index is 170. The van der Waals surface area contributed by atoms with Gasteiger partial charge in [0.1, 0.15) is 0 Å². The van der Waals surface area contributed by atoms with E-state index in [0.29, 0.717) is 6.29 Å². The van der Waals surface area contributed by atoms with Crippen LogP contribution in [0.3, 0.4) is 0 Å². The second-order valence-corrected chi connectivity index (χ2v) is 1.75. The zero-order valence-electron chi connectivity index (χ0n) is 5.87. The van der Waals surface area contributed by atoms with Gasteiger partial charge in [-0.2, -0.15) is 0 Å². The highest BCUT2D eigenvalue weighted by Gasteiger charge is 1.80. The first-order chi connectivity index (χ1) is 4.70. The van der Waals surface area contributed by atoms with Crippen molar-refractivity contribution in [2.75, 3.05) is 0 Å². The summed E-state index contributed by atoms with van der Waals surface area (Å²) in [5, 5.41) is 0. The molecule has 0 aromatic rings. The van der Waals surface area contributed by atoms with Gasteiger partial charge in [0.2, 0.25) is 0 Å². The van der Waals surface area contributed by atoms with Gasteiger partial charge in [-0.25, -0.2) is 0 Å². The Morgan fingerprint density at radius 2 is 2.20 bits per heavy atom. The maximum Gasteiger partial charge on any atom is 0.165 e. The van der Waals surface area contributed by atoms with Crippen LogP contribution in [0, 0.1) is 0 Å². The maximum absolute atomic E-state index is 9.94. The molecule has 0 saturated heterocycles. The van der Waals surface area contributed by atoms with Crippen molar-refractivity contribution in [1.29, 1.82) is 0 Å². The van der Waals surface area contributed by atoms with Crippen LogP contribution in [0.2, 0.25) is 0 Å². The highest BCUT2D eigenvalue weighted by Crippen LogP contribution is 1.92. The molecule has 0 spiro atoms. The molecule has 0 radical (unpaired) electrons. The molecule has 0 rings (SSSR count). The Kier molecular flexibility index (Phi) is 3.87. The Morgan fingerprint density at radius 3 is 2.60 bits per heavy atom. The molecule has 0 aromatic heterocycles. The third kappa shape index (κ3) is 3.60. The Balaban J connectivity index is 4.16. The molecule has 0 aromatic carbocycles. The van der Waals surface area contributed by atoms with Gasteiger partial charge in [-0.15, -0.1) is 0 Å². The van der Waals surface area contributed by atoms with Gasteiger partial charge in [-0.05, 0) is 25.8 Å². The van der Waals surface area contributed by atoms with Gasteiger partial charge in [0, 0.05) is 5.70 Å². The van der Waals surface area contributed by atoms with Crippen molar-refractivity contribution in [3.8, 4) is 0 Å². The second-order valence-electron chi connectivity index (χ2n) is 1.75. The largest absolute Gasteiger partial charge is 0.396 e. The van der Waals surface area contributed by atoms with E-state index < -0.39 is 0 Å². The summed E-state index contributed by atoms with van der Waals surface area (Å²) in [4.78, 5) is 13.5. The maximum atomic E-state index is 9.94. The molecule has 2 N–H and O–H groups in total. The number of carbonyl (C=O) groups is 1. The number of nitrogens with zero attached hydrogens (tertiary/aromatic N) is 1. The summed E-state index contributed by atoms with van der Waals surface area (Å²) in [5.74, 6) is 0. The molecule has 10 heavy (non-hydrogen) atoms. The van der Waals surface area contributed by atoms with Crippen molar-refractivity contribution in [2.45, 2.75) is 6.92 Å². The van der Waals surface area contributed by atoms with Crippen molar-refractivity contribution < 1.29 is 4.79 Å². The number of allylic oxidation sites excluding steroid dienone is 4. The lowest BCUT2D eigenvalue weighted by molar-refractivity contribution is -0.104. The first-order valence-corrected chi connectivity index (χ1v) is 2.76. The smallest absolute Gasteiger partial charge is 0.165 e. The van der Waals surface area contributed by atoms with Gasteiger partial charge in [0.25, 0.3) is 0 Å². The molecule has 0 aliphatic rings. The van der Waals surface area contributed by atoms with Gasteiger partial charge < -0.3 is 5.73 Å². The number of nitrogens with two attached hydrogens (primary N) is 1. The molecule has 0 bridgehead atoms. The number of aliphatic imine (C=N–C) groups is 1. The van der Waals surface area contributed by atoms with Crippen LogP contribution in [-0.4, -0.2) is 13.0 Å². The van der Waals surface area contributed by atoms with Gasteiger partial charge >= 0.3 is 0 Å². The van der Waals surface area contributed by atoms with Crippen LogP contribution in [-0.2, 0) is 4.79 Å². The molecule has 0 saturated carbocycles. The molecule has 0 atom stereocenters. The van der Waals surface area contributed by atoms with Gasteiger partial charge in [0.05, 0.1) is 5.70 Å². The highest BCUT2D eigenvalue weighted by atomic mass is 16.1. The van der Waals surface area contributed by atoms with Crippen LogP contribution in [0.15, 0.2) is 28.5 Å². The van der Waals surface area contributed by atoms with Crippen molar-refractivity contribution in [3.05, 3.63) is 23.5 Å². The number of aldehydes is 1. The third-order valence-electron chi connectivity index (χ3n) is 0.902. The van der Waals surface area contributed by atoms with Crippen molar-refractivity contribution >= 4 is 13.0 Å². The average Bonchev–Trinajstić information content (AvgIpc) is 1.99. The van der Waals surface area contributed by atoms with Crippen LogP contribution in [0.25, 0.3) is 0 Å². The number of carbonyl (C=O) groups excluding carboxylic acids is 1. The Labute approximate surface area is 59.9 Å². The summed E-state index contributed by atoms with van der Waals surface area (Å²) in [5.41, 5.74) is 6.07. The molecule has 0 aliphatic carbocycles. The number of rotatable bonds is 3. The minimum absolute atomic E-state index is 0.183. The van der Waals surface area contributed by atoms with E-state index in [0.717, 1.165) is 5.70 Å². The molecule has 0 aliphatic heterocycles. The minimum Gasteiger partial charge on any atom is -0.396 e. The fourth-order valence-corrected chi connectivity index (χ4v) is 0.309. The summed E-state index contributed by atoms with van der Waals surface area (Å²) < 4.78 is 0. The normalized spacial score (nSPS) is 12.9. The molecular formula is C7H10N2O. The highest BCUT2D eigenvalue weighted by molar-refractivity contribution is 5.72. The van der Waals surface area contributed by atoms with Crippen molar-refractivity contribution in [3.63, 3.8) is 0 Å². The lowest BCUT2D eigenvalue weighted by Gasteiger charge is -1.85. The van der Waals surface area contributed by atoms with E-state index in [-0.39, 0.29) is 5.70 Å². The number of hydrogen-bond donors (Lipinski definition) is 1. The van der Waals surface area contributed by atoms with E-state index >= 15 is 0 Å². The second kappa shape index (κ2) is 4.49. The topological polar surface area (TPSA) is 55.4 Å². The summed E-state index contributed by atoms with van der Waals surface area (Å²) in [7, 11) is 0. The van der Waals surface area contributed by atoms with Crippen LogP contribution in [0.5, 0.6) is 0 Å². The average molecular weight is 138 g/mol. The first-order valence-electron chi connectivity index (χ1n) is 2.76. The molecule has 0 unspecified atom stereocenters. The van der Waals surface area contributed by atoms with Crippen molar-refractivity contribution in [2.24, 2.45) is 10.7 Å². The van der Waals surface area contributed by atoms with Crippen LogP contribution < -0.4 is 5.73 Å². The molecule has 54 valence electrons. The zero-order valence-corrected chi connectivity index (χ0v) is 5.87. The zero-order chi connectivity index (χ0) is 7.98. The van der Waals surface area contributed by atoms with Gasteiger partial charge in [0.15, 0.2) is 6.29 Å². The number of hydrogen-bond acceptors (Lipinski definition) is 3. The van der Waals surface area contributed by atoms with Gasteiger partial charge in [-0.1, -0.05) is 0 Å². The molecule has 0 fully saturated rings. The monoisotopic (exact) mass is 138 g/mol. The van der Waals surface area contributed by atoms with Gasteiger partial charge in [-0.3, -0.25) is 9.79 Å². The molecular weight excluding hydrogens is 128 g/mol. The fourth-order valence-electron chi connectivity index (χ4n) is 0.309. The molecule has 0 amide bonds. The molecule has 0 heterocycles. The van der Waals surface area contributed by atoms with E-state index in [1.807, 2.05) is 0 Å². The van der Waals surface area contributed by atoms with E-state index in [2.05, 4.69) is 11.7 Å². The minimum atomic E-state index is 0.183. The Morgan fingerprint density at radius 1 is 1.60 bits per heavy atom. The Hall–Kier alpha value is -1.38. The third-order valence-corrected chi connectivity index (χ3v) is 0.902. The first kappa shape index (κ1) is 8.62. The summed E-state index contributed by atoms with van der Waals surface area (Å²) >= 11 is 0. The lowest BCUT2D eigenvalue weighted by Crippen LogP contribution is -1.96. The predicted molar refractivity (Wildman–Crippen MR) is 41.6 cm³/mol. The van der Waals surface area contributed by atoms with E-state index in [1.165, 1.54) is 6.08 Å². The SMILES string of the molecule is C=N/C(C)=C\C=C(/N)C=O. The fraction of sp³-hybridized carbons (Fsp3) is 0.143. The predicted octanol–water partition coefficient (Wildman–Crippen LogP) is 0.632. The summed E-state index contributed by atoms with van der Waals surface area (Å²) in [6.07, 6.45) is 3.68. The van der Waals surface area contributed by atoms with Crippen LogP contribution in [0.1, 0.15) is 6.92 Å². The molecule has 3 nitrogen and oxygen atoms in total. The van der Waals surface area contributed by atoms with Crippen molar-refractivity contribution in [1.82, 2.24) is 0 Å². The summed E-state index contributed by atoms with van der Waals surface area (Å²) in [6, 6.07) is 0. The quantitative estimate of drug-likeness (QED) is 0.269. The molecule has 3 heteroatoms. The summed E-state index contributed by atoms with van der Waals surface area (Å²) in [6.45, 7) is 5.05. The van der Waals surface area contributed by atoms with E-state index in [9.17, 15) is 4.79 Å². The van der Waals surface area contributed by atoms with Crippen LogP contribution >= 0.6 is 0 Å². The lowest BCUT2D eigenvalue weighted by atomic mass is 10.4. The van der Waals surface area contributed by atoms with E-state index in [4.69, 9.17) is 5.73 Å². The standard InChI is InChI=1S/C7H10N2O/c1-6(9-2)3-4-7(8)5-10/h3-5H,2,8H2,1H3/b6-3-,7-4-.